The van der Waals surface area contributed by atoms with E-state index in [-0.39, 0.29) is 5.91 Å². The van der Waals surface area contributed by atoms with Crippen molar-refractivity contribution in [3.8, 4) is 0 Å². The van der Waals surface area contributed by atoms with Crippen LogP contribution < -0.4 is 5.32 Å². The molecule has 0 saturated heterocycles. The highest BCUT2D eigenvalue weighted by molar-refractivity contribution is 8.01. The van der Waals surface area contributed by atoms with Crippen LogP contribution in [0.4, 0.5) is 0 Å². The molecule has 3 aromatic rings. The third kappa shape index (κ3) is 4.15. The molecule has 10 heteroatoms. The Morgan fingerprint density at radius 1 is 1.33 bits per heavy atom. The fourth-order valence-corrected chi connectivity index (χ4v) is 3.83. The number of aromatic nitrogens is 6. The average Bonchev–Trinajstić information content (AvgIpc) is 3.25. The number of carbonyl (C=O) groups is 1. The van der Waals surface area contributed by atoms with E-state index in [2.05, 4.69) is 31.0 Å². The first kappa shape index (κ1) is 16.5. The summed E-state index contributed by atoms with van der Waals surface area (Å²) < 4.78 is 2.35. The van der Waals surface area contributed by atoms with Crippen LogP contribution in [0.2, 0.25) is 0 Å². The van der Waals surface area contributed by atoms with Gasteiger partial charge in [0.1, 0.15) is 11.3 Å². The summed E-state index contributed by atoms with van der Waals surface area (Å²) in [5, 5.41) is 23.0. The molecule has 0 aliphatic rings. The first-order valence-corrected chi connectivity index (χ1v) is 9.02. The minimum absolute atomic E-state index is 0.150. The minimum atomic E-state index is -0.588. The van der Waals surface area contributed by atoms with Gasteiger partial charge in [-0.2, -0.15) is 0 Å². The number of tetrazole rings is 1. The van der Waals surface area contributed by atoms with Gasteiger partial charge < -0.3 is 5.32 Å². The molecule has 2 aromatic heterocycles. The van der Waals surface area contributed by atoms with E-state index in [4.69, 9.17) is 0 Å². The number of nitrogens with one attached hydrogen (secondary N) is 1. The van der Waals surface area contributed by atoms with E-state index in [1.807, 2.05) is 37.3 Å². The molecular formula is C14H15N7OS2. The van der Waals surface area contributed by atoms with Crippen molar-refractivity contribution in [3.63, 3.8) is 0 Å². The topological polar surface area (TPSA) is 98.5 Å². The number of amides is 1. The van der Waals surface area contributed by atoms with Gasteiger partial charge in [0.25, 0.3) is 0 Å². The van der Waals surface area contributed by atoms with Crippen molar-refractivity contribution in [1.29, 1.82) is 0 Å². The van der Waals surface area contributed by atoms with E-state index in [1.54, 1.807) is 23.1 Å². The van der Waals surface area contributed by atoms with E-state index in [0.29, 0.717) is 6.54 Å². The molecule has 2 heterocycles. The van der Waals surface area contributed by atoms with Gasteiger partial charge in [0, 0.05) is 12.3 Å². The van der Waals surface area contributed by atoms with E-state index in [0.717, 1.165) is 20.7 Å². The highest BCUT2D eigenvalue weighted by atomic mass is 32.2. The van der Waals surface area contributed by atoms with Crippen LogP contribution in [-0.2, 0) is 4.79 Å². The summed E-state index contributed by atoms with van der Waals surface area (Å²) in [6.07, 6.45) is 1.44. The molecule has 0 saturated carbocycles. The van der Waals surface area contributed by atoms with Crippen molar-refractivity contribution < 1.29 is 4.79 Å². The molecule has 1 N–H and O–H groups in total. The Hall–Kier alpha value is -2.33. The van der Waals surface area contributed by atoms with Crippen LogP contribution in [-0.4, -0.2) is 48.6 Å². The number of rotatable bonds is 7. The predicted octanol–water partition coefficient (Wildman–Crippen LogP) is 1.33. The molecule has 8 nitrogen and oxygen atoms in total. The normalized spacial score (nSPS) is 12.0. The third-order valence-electron chi connectivity index (χ3n) is 3.13. The second-order valence-electron chi connectivity index (χ2n) is 4.83. The molecule has 1 atom stereocenters. The van der Waals surface area contributed by atoms with Crippen LogP contribution in [0.1, 0.15) is 16.6 Å². The maximum absolute atomic E-state index is 12.6. The fourth-order valence-electron chi connectivity index (χ4n) is 2.09. The van der Waals surface area contributed by atoms with E-state index in [1.165, 1.54) is 11.0 Å². The molecular weight excluding hydrogens is 346 g/mol. The summed E-state index contributed by atoms with van der Waals surface area (Å²) in [6.45, 7) is 2.44. The quantitative estimate of drug-likeness (QED) is 0.501. The minimum Gasteiger partial charge on any atom is -0.353 e. The number of aryl methyl sites for hydroxylation is 1. The standard InChI is InChI=1S/C14H15N7OS2/c1-10-17-18-14(24-10)23-8-7-15-13(22)12(21-9-16-19-20-21)11-5-3-2-4-6-11/h2-6,9,12H,7-8H2,1H3,(H,15,22)/t12-/m0/s1. The van der Waals surface area contributed by atoms with Crippen molar-refractivity contribution in [2.24, 2.45) is 0 Å². The summed E-state index contributed by atoms with van der Waals surface area (Å²) in [5.74, 6) is 0.569. The summed E-state index contributed by atoms with van der Waals surface area (Å²) >= 11 is 3.12. The number of benzene rings is 1. The molecule has 0 unspecified atom stereocenters. The molecule has 1 amide bonds. The highest BCUT2D eigenvalue weighted by Gasteiger charge is 2.23. The van der Waals surface area contributed by atoms with E-state index >= 15 is 0 Å². The summed E-state index contributed by atoms with van der Waals surface area (Å²) in [5.41, 5.74) is 0.828. The molecule has 124 valence electrons. The number of carbonyl (C=O) groups excluding carboxylic acids is 1. The maximum atomic E-state index is 12.6. The Balaban J connectivity index is 1.60. The lowest BCUT2D eigenvalue weighted by Gasteiger charge is -2.16. The SMILES string of the molecule is Cc1nnc(SCCNC(=O)[C@H](c2ccccc2)n2cnnn2)s1. The van der Waals surface area contributed by atoms with E-state index in [9.17, 15) is 4.79 Å². The largest absolute Gasteiger partial charge is 0.353 e. The monoisotopic (exact) mass is 361 g/mol. The van der Waals surface area contributed by atoms with Crippen LogP contribution in [0.3, 0.4) is 0 Å². The molecule has 0 radical (unpaired) electrons. The van der Waals surface area contributed by atoms with Crippen molar-refractivity contribution >= 4 is 29.0 Å². The van der Waals surface area contributed by atoms with Crippen LogP contribution in [0.25, 0.3) is 0 Å². The lowest BCUT2D eigenvalue weighted by molar-refractivity contribution is -0.123. The molecule has 0 bridgehead atoms. The zero-order valence-corrected chi connectivity index (χ0v) is 14.5. The lowest BCUT2D eigenvalue weighted by atomic mass is 10.1. The molecule has 1 aromatic carbocycles. The van der Waals surface area contributed by atoms with Gasteiger partial charge in [0.2, 0.25) is 5.91 Å². The van der Waals surface area contributed by atoms with Crippen molar-refractivity contribution in [2.45, 2.75) is 17.3 Å². The van der Waals surface area contributed by atoms with Crippen LogP contribution in [0, 0.1) is 6.92 Å². The third-order valence-corrected chi connectivity index (χ3v) is 5.10. The van der Waals surface area contributed by atoms with Crippen molar-refractivity contribution in [1.82, 2.24) is 35.7 Å². The Morgan fingerprint density at radius 3 is 2.83 bits per heavy atom. The van der Waals surface area contributed by atoms with Gasteiger partial charge in [0.05, 0.1) is 0 Å². The molecule has 0 aliphatic carbocycles. The van der Waals surface area contributed by atoms with E-state index < -0.39 is 6.04 Å². The second kappa shape index (κ2) is 7.97. The molecule has 0 fully saturated rings. The van der Waals surface area contributed by atoms with Gasteiger partial charge in [0.15, 0.2) is 10.4 Å². The van der Waals surface area contributed by atoms with Crippen LogP contribution in [0.15, 0.2) is 41.0 Å². The Bertz CT molecular complexity index is 776. The average molecular weight is 361 g/mol. The smallest absolute Gasteiger partial charge is 0.249 e. The number of hydrogen-bond acceptors (Lipinski definition) is 8. The Kier molecular flexibility index (Phi) is 5.49. The number of nitrogens with zero attached hydrogens (tertiary/aromatic N) is 6. The Morgan fingerprint density at radius 2 is 2.17 bits per heavy atom. The lowest BCUT2D eigenvalue weighted by Crippen LogP contribution is -2.35. The van der Waals surface area contributed by atoms with Gasteiger partial charge in [-0.05, 0) is 22.9 Å². The van der Waals surface area contributed by atoms with Gasteiger partial charge >= 0.3 is 0 Å². The molecule has 0 spiro atoms. The van der Waals surface area contributed by atoms with Gasteiger partial charge in [-0.25, -0.2) is 4.68 Å². The first-order chi connectivity index (χ1) is 11.7. The van der Waals surface area contributed by atoms with Crippen LogP contribution >= 0.6 is 23.1 Å². The van der Waals surface area contributed by atoms with Gasteiger partial charge in [-0.1, -0.05) is 53.4 Å². The summed E-state index contributed by atoms with van der Waals surface area (Å²) in [7, 11) is 0. The fraction of sp³-hybridized carbons (Fsp3) is 0.286. The zero-order chi connectivity index (χ0) is 16.8. The van der Waals surface area contributed by atoms with Crippen molar-refractivity contribution in [3.05, 3.63) is 47.2 Å². The van der Waals surface area contributed by atoms with Crippen LogP contribution in [0.5, 0.6) is 0 Å². The maximum Gasteiger partial charge on any atom is 0.249 e. The number of hydrogen-bond donors (Lipinski definition) is 1. The van der Waals surface area contributed by atoms with Gasteiger partial charge in [-0.3, -0.25) is 4.79 Å². The number of thioether (sulfide) groups is 1. The molecule has 24 heavy (non-hydrogen) atoms. The van der Waals surface area contributed by atoms with Crippen molar-refractivity contribution in [2.75, 3.05) is 12.3 Å². The molecule has 0 aliphatic heterocycles. The second-order valence-corrected chi connectivity index (χ2v) is 7.35. The molecule has 3 rings (SSSR count). The summed E-state index contributed by atoms with van der Waals surface area (Å²) in [6, 6.07) is 8.84. The highest BCUT2D eigenvalue weighted by Crippen LogP contribution is 2.21. The first-order valence-electron chi connectivity index (χ1n) is 7.22. The summed E-state index contributed by atoms with van der Waals surface area (Å²) in [4.78, 5) is 12.6. The predicted molar refractivity (Wildman–Crippen MR) is 90.8 cm³/mol. The van der Waals surface area contributed by atoms with Gasteiger partial charge in [-0.15, -0.1) is 15.3 Å². The zero-order valence-electron chi connectivity index (χ0n) is 12.9. The Labute approximate surface area is 146 Å².